The average molecular weight is 322 g/mol. The van der Waals surface area contributed by atoms with Crippen LogP contribution in [0.1, 0.15) is 51.7 Å². The highest BCUT2D eigenvalue weighted by molar-refractivity contribution is 5.79. The lowest BCUT2D eigenvalue weighted by Crippen LogP contribution is -2.37. The third-order valence-corrected chi connectivity index (χ3v) is 3.73. The lowest BCUT2D eigenvalue weighted by atomic mass is 9.94. The summed E-state index contributed by atoms with van der Waals surface area (Å²) < 4.78 is 11.4. The Morgan fingerprint density at radius 1 is 1.39 bits per heavy atom. The van der Waals surface area contributed by atoms with Crippen molar-refractivity contribution in [3.05, 3.63) is 17.8 Å². The van der Waals surface area contributed by atoms with Gasteiger partial charge in [-0.3, -0.25) is 4.99 Å². The fraction of sp³-hybridized carbons (Fsp3) is 0.765. The van der Waals surface area contributed by atoms with Crippen LogP contribution < -0.4 is 10.6 Å². The minimum Gasteiger partial charge on any atom is -0.443 e. The van der Waals surface area contributed by atoms with Crippen molar-refractivity contribution in [1.29, 1.82) is 0 Å². The SMILES string of the molecule is CN=C(NCCCOCC1CC1)NCc1ncc(C(C)(C)C)o1. The summed E-state index contributed by atoms with van der Waals surface area (Å²) in [5, 5.41) is 6.48. The standard InChI is InChI=1S/C17H30N4O2/c1-17(2,3)14-10-20-15(23-14)11-21-16(18-4)19-8-5-9-22-12-13-6-7-13/h10,13H,5-9,11-12H2,1-4H3,(H2,18,19,21). The predicted octanol–water partition coefficient (Wildman–Crippen LogP) is 2.45. The Bertz CT molecular complexity index is 501. The number of nitrogens with one attached hydrogen (secondary N) is 2. The van der Waals surface area contributed by atoms with E-state index in [1.165, 1.54) is 12.8 Å². The number of hydrogen-bond donors (Lipinski definition) is 2. The molecule has 23 heavy (non-hydrogen) atoms. The Hall–Kier alpha value is -1.56. The molecule has 1 aromatic heterocycles. The van der Waals surface area contributed by atoms with Gasteiger partial charge in [-0.05, 0) is 25.2 Å². The molecule has 0 radical (unpaired) electrons. The van der Waals surface area contributed by atoms with E-state index in [0.717, 1.165) is 43.8 Å². The van der Waals surface area contributed by atoms with E-state index in [-0.39, 0.29) is 5.41 Å². The number of aliphatic imine (C=N–C) groups is 1. The molecule has 0 atom stereocenters. The highest BCUT2D eigenvalue weighted by Gasteiger charge is 2.21. The first-order chi connectivity index (χ1) is 11.0. The molecule has 1 heterocycles. The van der Waals surface area contributed by atoms with E-state index in [2.05, 4.69) is 41.4 Å². The van der Waals surface area contributed by atoms with Crippen molar-refractivity contribution in [2.45, 2.75) is 52.0 Å². The summed E-state index contributed by atoms with van der Waals surface area (Å²) in [7, 11) is 1.76. The van der Waals surface area contributed by atoms with Gasteiger partial charge in [0.1, 0.15) is 5.76 Å². The maximum absolute atomic E-state index is 5.75. The molecular formula is C17H30N4O2. The van der Waals surface area contributed by atoms with Gasteiger partial charge in [-0.15, -0.1) is 0 Å². The van der Waals surface area contributed by atoms with Gasteiger partial charge in [0.2, 0.25) is 5.89 Å². The molecule has 1 saturated carbocycles. The first kappa shape index (κ1) is 17.8. The van der Waals surface area contributed by atoms with E-state index in [1.54, 1.807) is 13.2 Å². The molecule has 1 aliphatic rings. The second-order valence-corrected chi connectivity index (χ2v) is 7.09. The molecular weight excluding hydrogens is 292 g/mol. The van der Waals surface area contributed by atoms with Crippen LogP contribution in [0.5, 0.6) is 0 Å². The third-order valence-electron chi connectivity index (χ3n) is 3.73. The second kappa shape index (κ2) is 8.34. The van der Waals surface area contributed by atoms with Crippen LogP contribution >= 0.6 is 0 Å². The maximum atomic E-state index is 5.75. The van der Waals surface area contributed by atoms with Crippen LogP contribution in [0.2, 0.25) is 0 Å². The number of nitrogens with zero attached hydrogens (tertiary/aromatic N) is 2. The number of guanidine groups is 1. The highest BCUT2D eigenvalue weighted by atomic mass is 16.5. The molecule has 130 valence electrons. The van der Waals surface area contributed by atoms with E-state index >= 15 is 0 Å². The van der Waals surface area contributed by atoms with Gasteiger partial charge in [0.25, 0.3) is 0 Å². The Balaban J connectivity index is 1.61. The quantitative estimate of drug-likeness (QED) is 0.437. The first-order valence-electron chi connectivity index (χ1n) is 8.46. The van der Waals surface area contributed by atoms with E-state index < -0.39 is 0 Å². The number of hydrogen-bond acceptors (Lipinski definition) is 4. The van der Waals surface area contributed by atoms with Gasteiger partial charge in [0.15, 0.2) is 5.96 Å². The zero-order valence-corrected chi connectivity index (χ0v) is 14.8. The third kappa shape index (κ3) is 6.60. The molecule has 0 saturated heterocycles. The van der Waals surface area contributed by atoms with Crippen LogP contribution in [0.3, 0.4) is 0 Å². The normalized spacial score (nSPS) is 15.7. The Morgan fingerprint density at radius 3 is 2.78 bits per heavy atom. The second-order valence-electron chi connectivity index (χ2n) is 7.09. The van der Waals surface area contributed by atoms with Gasteiger partial charge in [0.05, 0.1) is 12.7 Å². The summed E-state index contributed by atoms with van der Waals surface area (Å²) >= 11 is 0. The summed E-state index contributed by atoms with van der Waals surface area (Å²) in [5.74, 6) is 3.15. The fourth-order valence-electron chi connectivity index (χ4n) is 2.03. The van der Waals surface area contributed by atoms with Crippen molar-refractivity contribution in [2.24, 2.45) is 10.9 Å². The molecule has 0 unspecified atom stereocenters. The minimum absolute atomic E-state index is 0.0222. The zero-order chi connectivity index (χ0) is 16.7. The smallest absolute Gasteiger partial charge is 0.213 e. The number of rotatable bonds is 8. The molecule has 0 amide bonds. The zero-order valence-electron chi connectivity index (χ0n) is 14.8. The molecule has 1 aromatic rings. The van der Waals surface area contributed by atoms with Crippen molar-refractivity contribution in [2.75, 3.05) is 26.8 Å². The summed E-state index contributed by atoms with van der Waals surface area (Å²) in [6, 6.07) is 0. The molecule has 6 nitrogen and oxygen atoms in total. The minimum atomic E-state index is -0.0222. The van der Waals surface area contributed by atoms with Crippen LogP contribution in [0.4, 0.5) is 0 Å². The molecule has 0 bridgehead atoms. The van der Waals surface area contributed by atoms with Gasteiger partial charge >= 0.3 is 0 Å². The molecule has 1 fully saturated rings. The predicted molar refractivity (Wildman–Crippen MR) is 91.6 cm³/mol. The lowest BCUT2D eigenvalue weighted by Gasteiger charge is -2.13. The summed E-state index contributed by atoms with van der Waals surface area (Å²) in [6.07, 6.45) is 5.45. The molecule has 1 aliphatic carbocycles. The van der Waals surface area contributed by atoms with Crippen LogP contribution in [0.25, 0.3) is 0 Å². The summed E-state index contributed by atoms with van der Waals surface area (Å²) in [4.78, 5) is 8.50. The van der Waals surface area contributed by atoms with Crippen molar-refractivity contribution in [1.82, 2.24) is 15.6 Å². The summed E-state index contributed by atoms with van der Waals surface area (Å²) in [6.45, 7) is 9.41. The molecule has 2 N–H and O–H groups in total. The van der Waals surface area contributed by atoms with E-state index in [1.807, 2.05) is 0 Å². The van der Waals surface area contributed by atoms with E-state index in [4.69, 9.17) is 9.15 Å². The van der Waals surface area contributed by atoms with Crippen molar-refractivity contribution < 1.29 is 9.15 Å². The lowest BCUT2D eigenvalue weighted by molar-refractivity contribution is 0.123. The monoisotopic (exact) mass is 322 g/mol. The van der Waals surface area contributed by atoms with Crippen molar-refractivity contribution in [3.63, 3.8) is 0 Å². The Labute approximate surface area is 139 Å². The Morgan fingerprint density at radius 2 is 2.17 bits per heavy atom. The van der Waals surface area contributed by atoms with Crippen LogP contribution in [0, 0.1) is 5.92 Å². The van der Waals surface area contributed by atoms with Crippen molar-refractivity contribution >= 4 is 5.96 Å². The molecule has 6 heteroatoms. The number of aromatic nitrogens is 1. The fourth-order valence-corrected chi connectivity index (χ4v) is 2.03. The van der Waals surface area contributed by atoms with Gasteiger partial charge in [0, 0.05) is 32.2 Å². The van der Waals surface area contributed by atoms with Gasteiger partial charge in [-0.2, -0.15) is 0 Å². The van der Waals surface area contributed by atoms with Crippen LogP contribution in [-0.2, 0) is 16.7 Å². The van der Waals surface area contributed by atoms with Gasteiger partial charge in [-0.25, -0.2) is 4.98 Å². The first-order valence-corrected chi connectivity index (χ1v) is 8.46. The Kier molecular flexibility index (Phi) is 6.45. The largest absolute Gasteiger partial charge is 0.443 e. The topological polar surface area (TPSA) is 71.7 Å². The number of oxazole rings is 1. The number of ether oxygens (including phenoxy) is 1. The summed E-state index contributed by atoms with van der Waals surface area (Å²) in [5.41, 5.74) is -0.0222. The van der Waals surface area contributed by atoms with Gasteiger partial charge in [-0.1, -0.05) is 20.8 Å². The van der Waals surface area contributed by atoms with E-state index in [0.29, 0.717) is 12.4 Å². The van der Waals surface area contributed by atoms with Crippen LogP contribution in [-0.4, -0.2) is 37.7 Å². The average Bonchev–Trinajstić information content (AvgIpc) is 3.19. The van der Waals surface area contributed by atoms with E-state index in [9.17, 15) is 0 Å². The van der Waals surface area contributed by atoms with Gasteiger partial charge < -0.3 is 19.8 Å². The molecule has 2 rings (SSSR count). The maximum Gasteiger partial charge on any atom is 0.213 e. The molecule has 0 aromatic carbocycles. The van der Waals surface area contributed by atoms with Crippen molar-refractivity contribution in [3.8, 4) is 0 Å². The highest BCUT2D eigenvalue weighted by Crippen LogP contribution is 2.28. The molecule has 0 aliphatic heterocycles. The van der Waals surface area contributed by atoms with Crippen LogP contribution in [0.15, 0.2) is 15.6 Å². The molecule has 0 spiro atoms.